The van der Waals surface area contributed by atoms with E-state index in [2.05, 4.69) is 23.8 Å². The third-order valence-corrected chi connectivity index (χ3v) is 16.7. The van der Waals surface area contributed by atoms with Gasteiger partial charge in [-0.2, -0.15) is 4.31 Å². The van der Waals surface area contributed by atoms with Crippen LogP contribution in [0.15, 0.2) is 54.5 Å². The van der Waals surface area contributed by atoms with E-state index in [0.29, 0.717) is 6.42 Å². The second-order valence-corrected chi connectivity index (χ2v) is 23.3. The zero-order chi connectivity index (χ0) is 42.4. The summed E-state index contributed by atoms with van der Waals surface area (Å²) in [4.78, 5) is 67.4. The van der Waals surface area contributed by atoms with E-state index in [-0.39, 0.29) is 44.0 Å². The van der Waals surface area contributed by atoms with Crippen molar-refractivity contribution in [2.75, 3.05) is 26.2 Å². The van der Waals surface area contributed by atoms with Gasteiger partial charge in [-0.1, -0.05) is 45.1 Å². The summed E-state index contributed by atoms with van der Waals surface area (Å²) in [5.74, 6) is -2.54. The van der Waals surface area contributed by atoms with Crippen molar-refractivity contribution in [2.24, 2.45) is 5.92 Å². The number of hydrogen-bond donors (Lipinski definition) is 2. The molecule has 0 radical (unpaired) electrons. The number of rotatable bonds is 18. The molecule has 312 valence electrons. The van der Waals surface area contributed by atoms with E-state index in [0.717, 1.165) is 16.4 Å². The molecule has 1 aliphatic heterocycles. The van der Waals surface area contributed by atoms with Gasteiger partial charge in [0.25, 0.3) is 5.69 Å². The topological polar surface area (TPSA) is 204 Å². The number of carbonyl (C=O) groups is 4. The molecule has 56 heavy (non-hydrogen) atoms. The van der Waals surface area contributed by atoms with Crippen LogP contribution in [0.3, 0.4) is 0 Å². The number of para-hydroxylation sites is 1. The van der Waals surface area contributed by atoms with E-state index in [9.17, 15) is 37.7 Å². The number of carbonyl (C=O) groups excluding carboxylic acids is 4. The Hall–Kier alpha value is -4.13. The first-order chi connectivity index (χ1) is 25.8. The highest BCUT2D eigenvalue weighted by Crippen LogP contribution is 2.46. The number of alkyl carbamates (subject to hydrolysis) is 1. The molecule has 1 heterocycles. The number of benzene rings is 1. The predicted octanol–water partition coefficient (Wildman–Crippen LogP) is 5.06. The summed E-state index contributed by atoms with van der Waals surface area (Å²) in [6.07, 6.45) is 2.35. The molecule has 1 aromatic carbocycles. The van der Waals surface area contributed by atoms with Gasteiger partial charge < -0.3 is 29.4 Å². The summed E-state index contributed by atoms with van der Waals surface area (Å²) in [7, 11) is -7.14. The molecule has 0 aromatic heterocycles. The van der Waals surface area contributed by atoms with Crippen LogP contribution < -0.4 is 10.6 Å². The Bertz CT molecular complexity index is 1770. The number of sulfonamides is 1. The van der Waals surface area contributed by atoms with Gasteiger partial charge in [-0.25, -0.2) is 18.0 Å². The normalized spacial score (nSPS) is 21.8. The molecule has 18 heteroatoms. The summed E-state index contributed by atoms with van der Waals surface area (Å²) in [5, 5.41) is 17.1. The molecule has 0 unspecified atom stereocenters. The second-order valence-electron chi connectivity index (χ2n) is 16.7. The number of amides is 3. The molecule has 1 aromatic rings. The third kappa shape index (κ3) is 11.0. The van der Waals surface area contributed by atoms with Crippen LogP contribution in [0.5, 0.6) is 0 Å². The molecule has 0 bridgehead atoms. The number of esters is 1. The van der Waals surface area contributed by atoms with E-state index in [4.69, 9.17) is 13.9 Å². The lowest BCUT2D eigenvalue weighted by Crippen LogP contribution is -2.59. The molecule has 1 saturated carbocycles. The van der Waals surface area contributed by atoms with Crippen LogP contribution in [0, 0.1) is 16.0 Å². The van der Waals surface area contributed by atoms with E-state index >= 15 is 0 Å². The average molecular weight is 822 g/mol. The van der Waals surface area contributed by atoms with E-state index in [1.54, 1.807) is 39.8 Å². The molecule has 5 atom stereocenters. The number of nitro groups is 1. The monoisotopic (exact) mass is 821 g/mol. The Morgan fingerprint density at radius 3 is 2.32 bits per heavy atom. The quantitative estimate of drug-likeness (QED) is 0.0500. The fourth-order valence-electron chi connectivity index (χ4n) is 6.26. The van der Waals surface area contributed by atoms with Crippen molar-refractivity contribution in [1.82, 2.24) is 19.8 Å². The molecule has 16 nitrogen and oxygen atoms in total. The van der Waals surface area contributed by atoms with Crippen molar-refractivity contribution < 1.29 is 46.4 Å². The van der Waals surface area contributed by atoms with Crippen LogP contribution in [0.25, 0.3) is 0 Å². The van der Waals surface area contributed by atoms with Crippen molar-refractivity contribution in [3.8, 4) is 0 Å². The summed E-state index contributed by atoms with van der Waals surface area (Å²) in [6.45, 7) is 23.3. The van der Waals surface area contributed by atoms with Gasteiger partial charge in [0.05, 0.1) is 17.6 Å². The third-order valence-electron chi connectivity index (χ3n) is 10.3. The molecule has 2 N–H and O–H groups in total. The maximum Gasteiger partial charge on any atom is 0.408 e. The van der Waals surface area contributed by atoms with Crippen molar-refractivity contribution in [3.05, 3.63) is 59.7 Å². The molecule has 0 spiro atoms. The van der Waals surface area contributed by atoms with E-state index < -0.39 is 99.5 Å². The number of ether oxygens (including phenoxy) is 2. The van der Waals surface area contributed by atoms with Crippen LogP contribution in [0.1, 0.15) is 74.1 Å². The van der Waals surface area contributed by atoms with E-state index in [1.165, 1.54) is 17.0 Å². The maximum atomic E-state index is 14.9. The number of hydrogen-bond acceptors (Lipinski definition) is 11. The Morgan fingerprint density at radius 2 is 1.79 bits per heavy atom. The number of allylic oxidation sites excluding steroid dienone is 1. The molecule has 3 rings (SSSR count). The van der Waals surface area contributed by atoms with E-state index in [1.807, 2.05) is 33.9 Å². The largest absolute Gasteiger partial charge is 0.464 e. The first-order valence-electron chi connectivity index (χ1n) is 18.8. The molecular formula is C38H59N5O11SSi. The summed E-state index contributed by atoms with van der Waals surface area (Å²) in [6, 6.07) is 1.99. The minimum atomic E-state index is -4.67. The fraction of sp³-hybridized carbons (Fsp3) is 0.632. The number of likely N-dealkylation sites (tertiary alicyclic amines) is 1. The summed E-state index contributed by atoms with van der Waals surface area (Å²) < 4.78 is 46.9. The van der Waals surface area contributed by atoms with Crippen LogP contribution in [-0.2, 0) is 38.3 Å². The first kappa shape index (κ1) is 46.3. The highest BCUT2D eigenvalue weighted by molar-refractivity contribution is 7.89. The molecule has 1 aliphatic carbocycles. The highest BCUT2D eigenvalue weighted by Gasteiger charge is 2.62. The predicted molar refractivity (Wildman–Crippen MR) is 212 cm³/mol. The lowest BCUT2D eigenvalue weighted by molar-refractivity contribution is -0.387. The highest BCUT2D eigenvalue weighted by atomic mass is 32.2. The number of unbranched alkanes of at least 4 members (excludes halogenated alkanes) is 1. The number of nitrogens with one attached hydrogen (secondary N) is 2. The average Bonchev–Trinajstić information content (AvgIpc) is 3.65. The molecule has 2 fully saturated rings. The molecular weight excluding hydrogens is 763 g/mol. The van der Waals surface area contributed by atoms with Gasteiger partial charge in [0.15, 0.2) is 13.2 Å². The van der Waals surface area contributed by atoms with Crippen molar-refractivity contribution in [3.63, 3.8) is 0 Å². The summed E-state index contributed by atoms with van der Waals surface area (Å²) >= 11 is 0. The van der Waals surface area contributed by atoms with Gasteiger partial charge in [-0.05, 0) is 71.2 Å². The Balaban J connectivity index is 2.14. The van der Waals surface area contributed by atoms with Gasteiger partial charge in [0, 0.05) is 38.0 Å². The van der Waals surface area contributed by atoms with Gasteiger partial charge in [0.2, 0.25) is 21.8 Å². The zero-order valence-electron chi connectivity index (χ0n) is 34.1. The minimum Gasteiger partial charge on any atom is -0.464 e. The fourth-order valence-corrected chi connectivity index (χ4v) is 9.27. The van der Waals surface area contributed by atoms with Crippen LogP contribution in [0.2, 0.25) is 18.1 Å². The lowest BCUT2D eigenvalue weighted by atomic mass is 10.1. The lowest BCUT2D eigenvalue weighted by Gasteiger charge is -2.38. The van der Waals surface area contributed by atoms with Crippen molar-refractivity contribution in [1.29, 1.82) is 0 Å². The molecule has 3 amide bonds. The minimum absolute atomic E-state index is 0.0401. The van der Waals surface area contributed by atoms with Crippen LogP contribution in [-0.4, -0.2) is 110 Å². The Labute approximate surface area is 331 Å². The number of nitrogens with zero attached hydrogens (tertiary/aromatic N) is 3. The zero-order valence-corrected chi connectivity index (χ0v) is 35.9. The maximum absolute atomic E-state index is 14.9. The van der Waals surface area contributed by atoms with Gasteiger partial charge in [0.1, 0.15) is 23.2 Å². The van der Waals surface area contributed by atoms with Crippen LogP contribution in [0.4, 0.5) is 10.5 Å². The van der Waals surface area contributed by atoms with Crippen molar-refractivity contribution >= 4 is 47.9 Å². The van der Waals surface area contributed by atoms with Gasteiger partial charge in [-0.15, -0.1) is 13.2 Å². The SMILES string of the molecule is C=CCCCN(C[C@H](NC(=O)OC(C)(C)C)C(=O)N1C[C@H](O[Si](C)(C)C(C)(C)C)C[C@H]1C(=O)N[C@]1(C(=O)OCC)C[C@H]1C=C)S(=O)(=O)c1ccccc1[N+](=O)[O-]. The Kier molecular flexibility index (Phi) is 14.9. The van der Waals surface area contributed by atoms with Gasteiger partial charge >= 0.3 is 12.1 Å². The summed E-state index contributed by atoms with van der Waals surface area (Å²) in [5.41, 5.74) is -3.06. The molecule has 1 saturated heterocycles. The Morgan fingerprint density at radius 1 is 1.14 bits per heavy atom. The van der Waals surface area contributed by atoms with Crippen molar-refractivity contribution in [2.45, 2.75) is 127 Å². The molecule has 2 aliphatic rings. The second kappa shape index (κ2) is 18.0. The van der Waals surface area contributed by atoms with Crippen LogP contribution >= 0.6 is 0 Å². The smallest absolute Gasteiger partial charge is 0.408 e. The first-order valence-corrected chi connectivity index (χ1v) is 23.1. The number of nitro benzene ring substituents is 1. The van der Waals surface area contributed by atoms with Gasteiger partial charge in [-0.3, -0.25) is 19.7 Å². The standard InChI is InChI=1S/C38H59N5O11SSi/c1-12-15-18-21-41(55(50,51)31-20-17-16-19-29(31)43(48)49)25-28(39-35(47)53-36(4,5)6)33(45)42-24-27(54-56(10,11)37(7,8)9)22-30(42)32(44)40-38(23-26(38)13-2)34(46)52-14-3/h12-13,16-17,19-20,26-28,30H,1-2,14-15,18,21-25H2,3-11H3,(H,39,47)(H,40,44)/t26-,27-,28+,30+,38-/m1/s1.